The zero-order chi connectivity index (χ0) is 27.7. The van der Waals surface area contributed by atoms with Crippen LogP contribution in [0.4, 0.5) is 23.7 Å². The predicted molar refractivity (Wildman–Crippen MR) is 132 cm³/mol. The third-order valence-electron chi connectivity index (χ3n) is 5.80. The van der Waals surface area contributed by atoms with Crippen LogP contribution in [0, 0.1) is 0 Å². The topological polar surface area (TPSA) is 111 Å². The summed E-state index contributed by atoms with van der Waals surface area (Å²) >= 11 is 5.84. The highest BCUT2D eigenvalue weighted by atomic mass is 35.5. The zero-order valence-electron chi connectivity index (χ0n) is 19.9. The minimum absolute atomic E-state index is 0.0258. The smallest absolute Gasteiger partial charge is 0.425 e. The van der Waals surface area contributed by atoms with E-state index < -0.39 is 45.5 Å². The number of halogens is 4. The number of carbonyl (C=O) groups is 2. The number of sulfone groups is 1. The van der Waals surface area contributed by atoms with Crippen LogP contribution in [0.2, 0.25) is 5.02 Å². The molecular formula is C24H22ClF3N4O5S. The van der Waals surface area contributed by atoms with E-state index in [2.05, 4.69) is 10.4 Å². The van der Waals surface area contributed by atoms with Crippen LogP contribution >= 0.6 is 11.6 Å². The molecule has 3 aromatic rings. The van der Waals surface area contributed by atoms with Crippen molar-refractivity contribution in [3.05, 3.63) is 71.0 Å². The highest BCUT2D eigenvalue weighted by Crippen LogP contribution is 2.35. The predicted octanol–water partition coefficient (Wildman–Crippen LogP) is 5.15. The summed E-state index contributed by atoms with van der Waals surface area (Å²) in [6.45, 7) is 0.0593. The maximum atomic E-state index is 14.1. The summed E-state index contributed by atoms with van der Waals surface area (Å²) in [6, 6.07) is 11.0. The number of piperidine rings is 1. The molecule has 0 spiro atoms. The Morgan fingerprint density at radius 1 is 1.13 bits per heavy atom. The summed E-state index contributed by atoms with van der Waals surface area (Å²) in [6.07, 6.45) is -3.94. The highest BCUT2D eigenvalue weighted by molar-refractivity contribution is 7.90. The van der Waals surface area contributed by atoms with Crippen molar-refractivity contribution in [3.63, 3.8) is 0 Å². The van der Waals surface area contributed by atoms with E-state index in [4.69, 9.17) is 16.3 Å². The molecule has 0 aliphatic carbocycles. The number of nitrogens with one attached hydrogen (secondary N) is 1. The number of hydrogen-bond donors (Lipinski definition) is 1. The number of alkyl halides is 3. The molecule has 1 aliphatic heterocycles. The van der Waals surface area contributed by atoms with Crippen LogP contribution in [-0.4, -0.2) is 54.1 Å². The maximum absolute atomic E-state index is 14.1. The molecule has 1 atom stereocenters. The van der Waals surface area contributed by atoms with Crippen molar-refractivity contribution in [1.82, 2.24) is 14.7 Å². The SMILES string of the molecule is CS(=O)(=O)c1cccc(NC(=O)OC2CCCCN2C(=O)c2cnn(-c3ccc(Cl)cc3)c2C(F)(F)F)c1. The van der Waals surface area contributed by atoms with Gasteiger partial charge in [0.25, 0.3) is 5.91 Å². The Kier molecular flexibility index (Phi) is 7.70. The fourth-order valence-electron chi connectivity index (χ4n) is 4.04. The van der Waals surface area contributed by atoms with Crippen LogP contribution in [0.15, 0.2) is 59.6 Å². The number of aromatic nitrogens is 2. The number of hydrogen-bond acceptors (Lipinski definition) is 6. The van der Waals surface area contributed by atoms with E-state index in [1.54, 1.807) is 0 Å². The van der Waals surface area contributed by atoms with Crippen LogP contribution in [-0.2, 0) is 20.8 Å². The van der Waals surface area contributed by atoms with E-state index in [-0.39, 0.29) is 29.2 Å². The van der Waals surface area contributed by atoms with Gasteiger partial charge in [-0.15, -0.1) is 0 Å². The molecule has 2 aromatic carbocycles. The number of anilines is 1. The van der Waals surface area contributed by atoms with Crippen LogP contribution in [0.1, 0.15) is 35.3 Å². The number of amides is 2. The monoisotopic (exact) mass is 570 g/mol. The first-order valence-corrected chi connectivity index (χ1v) is 13.6. The van der Waals surface area contributed by atoms with E-state index in [9.17, 15) is 31.2 Å². The minimum atomic E-state index is -4.92. The van der Waals surface area contributed by atoms with E-state index in [1.165, 1.54) is 48.5 Å². The summed E-state index contributed by atoms with van der Waals surface area (Å²) in [5.41, 5.74) is -1.77. The Morgan fingerprint density at radius 2 is 1.84 bits per heavy atom. The second kappa shape index (κ2) is 10.7. The number of likely N-dealkylation sites (tertiary alicyclic amines) is 1. The lowest BCUT2D eigenvalue weighted by Crippen LogP contribution is -2.47. The first-order valence-electron chi connectivity index (χ1n) is 11.3. The Balaban J connectivity index is 1.57. The number of carbonyl (C=O) groups excluding carboxylic acids is 2. The van der Waals surface area contributed by atoms with Crippen LogP contribution in [0.3, 0.4) is 0 Å². The molecule has 4 rings (SSSR count). The average molecular weight is 571 g/mol. The molecule has 2 amide bonds. The largest absolute Gasteiger partial charge is 0.434 e. The third kappa shape index (κ3) is 6.10. The third-order valence-corrected chi connectivity index (χ3v) is 7.16. The molecule has 38 heavy (non-hydrogen) atoms. The Morgan fingerprint density at radius 3 is 2.50 bits per heavy atom. The molecular weight excluding hydrogens is 549 g/mol. The van der Waals surface area contributed by atoms with Crippen molar-refractivity contribution < 1.29 is 35.9 Å². The van der Waals surface area contributed by atoms with Gasteiger partial charge in [-0.3, -0.25) is 10.1 Å². The van der Waals surface area contributed by atoms with Gasteiger partial charge in [0.05, 0.1) is 22.3 Å². The second-order valence-electron chi connectivity index (χ2n) is 8.57. The van der Waals surface area contributed by atoms with Crippen LogP contribution in [0.25, 0.3) is 5.69 Å². The minimum Gasteiger partial charge on any atom is -0.425 e. The van der Waals surface area contributed by atoms with E-state index in [0.717, 1.165) is 17.4 Å². The normalized spacial score (nSPS) is 16.2. The van der Waals surface area contributed by atoms with Gasteiger partial charge in [-0.05, 0) is 55.3 Å². The highest BCUT2D eigenvalue weighted by Gasteiger charge is 2.43. The molecule has 1 aromatic heterocycles. The Hall–Kier alpha value is -3.58. The van der Waals surface area contributed by atoms with Crippen molar-refractivity contribution in [2.24, 2.45) is 0 Å². The molecule has 1 fully saturated rings. The summed E-state index contributed by atoms with van der Waals surface area (Å²) in [7, 11) is -3.53. The van der Waals surface area contributed by atoms with Gasteiger partial charge in [0, 0.05) is 29.9 Å². The van der Waals surface area contributed by atoms with Gasteiger partial charge < -0.3 is 9.64 Å². The molecule has 1 N–H and O–H groups in total. The fourth-order valence-corrected chi connectivity index (χ4v) is 4.83. The molecule has 9 nitrogen and oxygen atoms in total. The molecule has 202 valence electrons. The Bertz CT molecular complexity index is 1460. The van der Waals surface area contributed by atoms with Crippen molar-refractivity contribution in [2.45, 2.75) is 36.6 Å². The maximum Gasteiger partial charge on any atom is 0.434 e. The second-order valence-corrected chi connectivity index (χ2v) is 11.0. The van der Waals surface area contributed by atoms with E-state index in [0.29, 0.717) is 22.5 Å². The number of ether oxygens (including phenoxy) is 1. The molecule has 1 saturated heterocycles. The molecule has 2 heterocycles. The summed E-state index contributed by atoms with van der Waals surface area (Å²) in [4.78, 5) is 26.9. The van der Waals surface area contributed by atoms with Gasteiger partial charge in [0.1, 0.15) is 0 Å². The van der Waals surface area contributed by atoms with Gasteiger partial charge in [0.2, 0.25) is 0 Å². The van der Waals surface area contributed by atoms with Gasteiger partial charge in [-0.1, -0.05) is 17.7 Å². The van der Waals surface area contributed by atoms with Crippen molar-refractivity contribution >= 4 is 39.1 Å². The van der Waals surface area contributed by atoms with Gasteiger partial charge >= 0.3 is 12.3 Å². The zero-order valence-corrected chi connectivity index (χ0v) is 21.5. The fraction of sp³-hybridized carbons (Fsp3) is 0.292. The lowest BCUT2D eigenvalue weighted by molar-refractivity contribution is -0.143. The van der Waals surface area contributed by atoms with E-state index in [1.807, 2.05) is 0 Å². The molecule has 0 bridgehead atoms. The van der Waals surface area contributed by atoms with Crippen molar-refractivity contribution in [1.29, 1.82) is 0 Å². The summed E-state index contributed by atoms with van der Waals surface area (Å²) in [5.74, 6) is -0.992. The standard InChI is InChI=1S/C24H22ClF3N4O5S/c1-38(35,36)18-6-4-5-16(13-18)30-23(34)37-20-7-2-3-12-31(20)22(33)19-14-29-32(21(19)24(26,27)28)17-10-8-15(25)9-11-17/h4-6,8-11,13-14,20H,2-3,7,12H2,1H3,(H,30,34). The first kappa shape index (κ1) is 27.5. The molecule has 0 saturated carbocycles. The number of benzene rings is 2. The molecule has 14 heteroatoms. The molecule has 1 unspecified atom stereocenters. The lowest BCUT2D eigenvalue weighted by atomic mass is 10.1. The van der Waals surface area contributed by atoms with Gasteiger partial charge in [-0.25, -0.2) is 17.9 Å². The van der Waals surface area contributed by atoms with Crippen LogP contribution in [0.5, 0.6) is 0 Å². The number of rotatable bonds is 5. The van der Waals surface area contributed by atoms with Crippen molar-refractivity contribution in [3.8, 4) is 5.69 Å². The van der Waals surface area contributed by atoms with Gasteiger partial charge in [0.15, 0.2) is 21.8 Å². The quantitative estimate of drug-likeness (QED) is 0.454. The summed E-state index contributed by atoms with van der Waals surface area (Å²) < 4.78 is 71.8. The average Bonchev–Trinajstić information content (AvgIpc) is 3.30. The number of nitrogens with zero attached hydrogens (tertiary/aromatic N) is 3. The van der Waals surface area contributed by atoms with Gasteiger partial charge in [-0.2, -0.15) is 18.3 Å². The summed E-state index contributed by atoms with van der Waals surface area (Å²) in [5, 5.41) is 6.52. The van der Waals surface area contributed by atoms with Crippen LogP contribution < -0.4 is 5.32 Å². The van der Waals surface area contributed by atoms with E-state index >= 15 is 0 Å². The Labute approximate surface area is 221 Å². The molecule has 0 radical (unpaired) electrons. The molecule has 1 aliphatic rings. The first-order chi connectivity index (χ1) is 17.8. The van der Waals surface area contributed by atoms with Crippen molar-refractivity contribution in [2.75, 3.05) is 18.1 Å². The lowest BCUT2D eigenvalue weighted by Gasteiger charge is -2.35.